The molecule has 1 amide bonds. The lowest BCUT2D eigenvalue weighted by atomic mass is 10.1. The summed E-state index contributed by atoms with van der Waals surface area (Å²) in [6.45, 7) is 0. The summed E-state index contributed by atoms with van der Waals surface area (Å²) in [5, 5.41) is 2.98. The van der Waals surface area contributed by atoms with Crippen molar-refractivity contribution in [3.05, 3.63) is 52.5 Å². The average Bonchev–Trinajstić information content (AvgIpc) is 2.62. The highest BCUT2D eigenvalue weighted by molar-refractivity contribution is 6.33. The molecule has 0 heterocycles. The second-order valence-electron chi connectivity index (χ2n) is 5.10. The summed E-state index contributed by atoms with van der Waals surface area (Å²) in [4.78, 5) is 23.9. The molecule has 25 heavy (non-hydrogen) atoms. The lowest BCUT2D eigenvalue weighted by molar-refractivity contribution is -0.115. The maximum Gasteiger partial charge on any atom is 0.339 e. The van der Waals surface area contributed by atoms with Crippen molar-refractivity contribution in [2.75, 3.05) is 26.6 Å². The number of hydrogen-bond acceptors (Lipinski definition) is 5. The lowest BCUT2D eigenvalue weighted by Gasteiger charge is -2.10. The molecule has 0 radical (unpaired) electrons. The molecule has 7 heteroatoms. The van der Waals surface area contributed by atoms with Gasteiger partial charge < -0.3 is 19.5 Å². The van der Waals surface area contributed by atoms with E-state index in [1.807, 2.05) is 0 Å². The Morgan fingerprint density at radius 3 is 2.36 bits per heavy atom. The van der Waals surface area contributed by atoms with Gasteiger partial charge in [0, 0.05) is 5.69 Å². The summed E-state index contributed by atoms with van der Waals surface area (Å²) in [6, 6.07) is 9.86. The van der Waals surface area contributed by atoms with Crippen molar-refractivity contribution in [2.24, 2.45) is 0 Å². The molecule has 0 bridgehead atoms. The summed E-state index contributed by atoms with van der Waals surface area (Å²) >= 11 is 5.96. The number of methoxy groups -OCH3 is 3. The molecule has 2 rings (SSSR count). The van der Waals surface area contributed by atoms with E-state index in [4.69, 9.17) is 21.1 Å². The van der Waals surface area contributed by atoms with Gasteiger partial charge in [0.1, 0.15) is 0 Å². The van der Waals surface area contributed by atoms with Gasteiger partial charge in [-0.15, -0.1) is 0 Å². The summed E-state index contributed by atoms with van der Waals surface area (Å²) < 4.78 is 15.0. The van der Waals surface area contributed by atoms with Crippen LogP contribution in [0.2, 0.25) is 5.02 Å². The highest BCUT2D eigenvalue weighted by Crippen LogP contribution is 2.28. The number of carbonyl (C=O) groups is 2. The van der Waals surface area contributed by atoms with E-state index in [9.17, 15) is 9.59 Å². The molecular weight excluding hydrogens is 346 g/mol. The van der Waals surface area contributed by atoms with Crippen molar-refractivity contribution in [3.63, 3.8) is 0 Å². The van der Waals surface area contributed by atoms with Crippen molar-refractivity contribution in [2.45, 2.75) is 6.42 Å². The minimum Gasteiger partial charge on any atom is -0.493 e. The molecule has 0 unspecified atom stereocenters. The Morgan fingerprint density at radius 2 is 1.72 bits per heavy atom. The number of nitrogens with one attached hydrogen (secondary N) is 1. The van der Waals surface area contributed by atoms with Crippen molar-refractivity contribution in [1.82, 2.24) is 0 Å². The fraction of sp³-hybridized carbons (Fsp3) is 0.222. The second-order valence-corrected chi connectivity index (χ2v) is 5.51. The number of halogens is 1. The standard InChI is InChI=1S/C18H18ClNO5/c1-23-15-7-4-11(8-16(15)24-2)9-17(21)20-12-5-6-14(19)13(10-12)18(22)25-3/h4-8,10H,9H2,1-3H3,(H,20,21). The first-order chi connectivity index (χ1) is 12.0. The quantitative estimate of drug-likeness (QED) is 0.797. The molecule has 0 spiro atoms. The number of anilines is 1. The molecule has 0 aliphatic heterocycles. The van der Waals surface area contributed by atoms with Crippen LogP contribution in [0.4, 0.5) is 5.69 Å². The van der Waals surface area contributed by atoms with E-state index in [2.05, 4.69) is 10.1 Å². The van der Waals surface area contributed by atoms with Gasteiger partial charge in [-0.05, 0) is 35.9 Å². The second kappa shape index (κ2) is 8.39. The zero-order valence-electron chi connectivity index (χ0n) is 14.1. The number of ether oxygens (including phenoxy) is 3. The predicted octanol–water partition coefficient (Wildman–Crippen LogP) is 3.33. The van der Waals surface area contributed by atoms with Crippen LogP contribution in [-0.2, 0) is 16.0 Å². The van der Waals surface area contributed by atoms with E-state index >= 15 is 0 Å². The third kappa shape index (κ3) is 4.64. The van der Waals surface area contributed by atoms with Crippen LogP contribution in [0.3, 0.4) is 0 Å². The largest absolute Gasteiger partial charge is 0.493 e. The number of amides is 1. The fourth-order valence-electron chi connectivity index (χ4n) is 2.25. The molecule has 1 N–H and O–H groups in total. The average molecular weight is 364 g/mol. The smallest absolute Gasteiger partial charge is 0.339 e. The van der Waals surface area contributed by atoms with Gasteiger partial charge in [-0.3, -0.25) is 4.79 Å². The monoisotopic (exact) mass is 363 g/mol. The number of hydrogen-bond donors (Lipinski definition) is 1. The van der Waals surface area contributed by atoms with Gasteiger partial charge in [0.25, 0.3) is 0 Å². The summed E-state index contributed by atoms with van der Waals surface area (Å²) in [7, 11) is 4.34. The van der Waals surface area contributed by atoms with Gasteiger partial charge >= 0.3 is 5.97 Å². The molecule has 2 aromatic rings. The first-order valence-corrected chi connectivity index (χ1v) is 7.75. The summed E-state index contributed by atoms with van der Waals surface area (Å²) in [5.74, 6) is 0.325. The van der Waals surface area contributed by atoms with Crippen LogP contribution in [0.15, 0.2) is 36.4 Å². The van der Waals surface area contributed by atoms with Crippen LogP contribution in [0.25, 0.3) is 0 Å². The van der Waals surface area contributed by atoms with Gasteiger partial charge in [-0.1, -0.05) is 17.7 Å². The Labute approximate surface area is 150 Å². The lowest BCUT2D eigenvalue weighted by Crippen LogP contribution is -2.15. The van der Waals surface area contributed by atoms with E-state index in [1.54, 1.807) is 31.4 Å². The molecular formula is C18H18ClNO5. The maximum atomic E-state index is 12.2. The van der Waals surface area contributed by atoms with Crippen LogP contribution in [-0.4, -0.2) is 33.2 Å². The van der Waals surface area contributed by atoms with E-state index < -0.39 is 5.97 Å². The number of rotatable bonds is 6. The summed E-state index contributed by atoms with van der Waals surface area (Å²) in [5.41, 5.74) is 1.40. The first-order valence-electron chi connectivity index (χ1n) is 7.37. The third-order valence-corrected chi connectivity index (χ3v) is 3.80. The Morgan fingerprint density at radius 1 is 1.00 bits per heavy atom. The molecule has 0 atom stereocenters. The first kappa shape index (κ1) is 18.6. The molecule has 0 aromatic heterocycles. The van der Waals surface area contributed by atoms with E-state index in [0.29, 0.717) is 17.2 Å². The van der Waals surface area contributed by atoms with Gasteiger partial charge in [0.2, 0.25) is 5.91 Å². The highest BCUT2D eigenvalue weighted by Gasteiger charge is 2.13. The van der Waals surface area contributed by atoms with Crippen molar-refractivity contribution < 1.29 is 23.8 Å². The highest BCUT2D eigenvalue weighted by atomic mass is 35.5. The molecule has 0 saturated carbocycles. The van der Waals surface area contributed by atoms with Gasteiger partial charge in [-0.2, -0.15) is 0 Å². The van der Waals surface area contributed by atoms with Crippen LogP contribution >= 0.6 is 11.6 Å². The minimum atomic E-state index is -0.569. The van der Waals surface area contributed by atoms with Gasteiger partial charge in [0.15, 0.2) is 11.5 Å². The van der Waals surface area contributed by atoms with Crippen molar-refractivity contribution in [1.29, 1.82) is 0 Å². The Hall–Kier alpha value is -2.73. The van der Waals surface area contributed by atoms with E-state index in [-0.39, 0.29) is 22.9 Å². The van der Waals surface area contributed by atoms with E-state index in [0.717, 1.165) is 5.56 Å². The number of esters is 1. The van der Waals surface area contributed by atoms with Crippen LogP contribution in [0.5, 0.6) is 11.5 Å². The Kier molecular flexibility index (Phi) is 6.25. The molecule has 2 aromatic carbocycles. The molecule has 6 nitrogen and oxygen atoms in total. The number of carbonyl (C=O) groups excluding carboxylic acids is 2. The SMILES string of the molecule is COC(=O)c1cc(NC(=O)Cc2ccc(OC)c(OC)c2)ccc1Cl. The number of benzene rings is 2. The fourth-order valence-corrected chi connectivity index (χ4v) is 2.45. The zero-order chi connectivity index (χ0) is 18.4. The topological polar surface area (TPSA) is 73.9 Å². The third-order valence-electron chi connectivity index (χ3n) is 3.47. The van der Waals surface area contributed by atoms with Gasteiger partial charge in [0.05, 0.1) is 38.3 Å². The summed E-state index contributed by atoms with van der Waals surface area (Å²) in [6.07, 6.45) is 0.135. The zero-order valence-corrected chi connectivity index (χ0v) is 14.8. The molecule has 0 fully saturated rings. The molecule has 0 aliphatic rings. The Balaban J connectivity index is 2.11. The molecule has 0 saturated heterocycles. The van der Waals surface area contributed by atoms with Crippen molar-refractivity contribution in [3.8, 4) is 11.5 Å². The van der Waals surface area contributed by atoms with Crippen LogP contribution < -0.4 is 14.8 Å². The van der Waals surface area contributed by atoms with Crippen LogP contribution in [0, 0.1) is 0 Å². The predicted molar refractivity (Wildman–Crippen MR) is 94.7 cm³/mol. The van der Waals surface area contributed by atoms with Crippen molar-refractivity contribution >= 4 is 29.2 Å². The Bertz CT molecular complexity index is 791. The maximum absolute atomic E-state index is 12.2. The molecule has 0 aliphatic carbocycles. The van der Waals surface area contributed by atoms with E-state index in [1.165, 1.54) is 26.4 Å². The molecule has 132 valence electrons. The normalized spacial score (nSPS) is 10.1. The van der Waals surface area contributed by atoms with Crippen LogP contribution in [0.1, 0.15) is 15.9 Å². The van der Waals surface area contributed by atoms with Gasteiger partial charge in [-0.25, -0.2) is 4.79 Å². The minimum absolute atomic E-state index is 0.135.